The third kappa shape index (κ3) is 5.98. The number of hydrogen-bond donors (Lipinski definition) is 1. The van der Waals surface area contributed by atoms with Gasteiger partial charge in [-0.3, -0.25) is 4.79 Å². The maximum Gasteiger partial charge on any atom is 0.248 e. The van der Waals surface area contributed by atoms with E-state index in [1.54, 1.807) is 44.2 Å². The SMILES string of the molecule is CCN(CC)S(=O)(=O)c1ccc(N2CCN(C)CC2)c(NC(=O)C=Cc2ccccc2F)c1. The number of piperazine rings is 1. The van der Waals surface area contributed by atoms with E-state index >= 15 is 0 Å². The quantitative estimate of drug-likeness (QED) is 0.595. The summed E-state index contributed by atoms with van der Waals surface area (Å²) in [7, 11) is -1.64. The smallest absolute Gasteiger partial charge is 0.248 e. The molecule has 0 radical (unpaired) electrons. The Bertz CT molecular complexity index is 1110. The molecular weight excluding hydrogens is 443 g/mol. The summed E-state index contributed by atoms with van der Waals surface area (Å²) in [6, 6.07) is 11.0. The molecular formula is C24H31FN4O3S. The van der Waals surface area contributed by atoms with E-state index in [-0.39, 0.29) is 4.90 Å². The summed E-state index contributed by atoms with van der Waals surface area (Å²) >= 11 is 0. The second-order valence-electron chi connectivity index (χ2n) is 7.90. The number of nitrogens with one attached hydrogen (secondary N) is 1. The fourth-order valence-corrected chi connectivity index (χ4v) is 5.25. The number of likely N-dealkylation sites (N-methyl/N-ethyl adjacent to an activating group) is 1. The molecule has 0 saturated carbocycles. The van der Waals surface area contributed by atoms with Gasteiger partial charge < -0.3 is 15.1 Å². The van der Waals surface area contributed by atoms with Crippen LogP contribution in [0.2, 0.25) is 0 Å². The van der Waals surface area contributed by atoms with Crippen LogP contribution in [0.15, 0.2) is 53.4 Å². The maximum atomic E-state index is 13.9. The Kier molecular flexibility index (Phi) is 8.23. The van der Waals surface area contributed by atoms with Crippen molar-refractivity contribution in [3.8, 4) is 0 Å². The molecule has 1 aliphatic heterocycles. The zero-order chi connectivity index (χ0) is 24.0. The fraction of sp³-hybridized carbons (Fsp3) is 0.375. The minimum absolute atomic E-state index is 0.123. The molecule has 1 aliphatic rings. The van der Waals surface area contributed by atoms with Crippen molar-refractivity contribution in [3.63, 3.8) is 0 Å². The number of carbonyl (C=O) groups excluding carboxylic acids is 1. The zero-order valence-corrected chi connectivity index (χ0v) is 20.1. The van der Waals surface area contributed by atoms with Crippen LogP contribution in [-0.4, -0.2) is 69.8 Å². The fourth-order valence-electron chi connectivity index (χ4n) is 3.76. The first-order chi connectivity index (χ1) is 15.8. The molecule has 7 nitrogen and oxygen atoms in total. The Morgan fingerprint density at radius 1 is 1.09 bits per heavy atom. The summed E-state index contributed by atoms with van der Waals surface area (Å²) in [5, 5.41) is 2.81. The first kappa shape index (κ1) is 24.9. The molecule has 3 rings (SSSR count). The van der Waals surface area contributed by atoms with Gasteiger partial charge in [-0.15, -0.1) is 0 Å². The van der Waals surface area contributed by atoms with Crippen molar-refractivity contribution in [2.24, 2.45) is 0 Å². The van der Waals surface area contributed by atoms with Crippen LogP contribution in [0.4, 0.5) is 15.8 Å². The lowest BCUT2D eigenvalue weighted by Gasteiger charge is -2.35. The van der Waals surface area contributed by atoms with E-state index < -0.39 is 21.7 Å². The van der Waals surface area contributed by atoms with E-state index in [9.17, 15) is 17.6 Å². The van der Waals surface area contributed by atoms with Crippen molar-refractivity contribution < 1.29 is 17.6 Å². The van der Waals surface area contributed by atoms with Gasteiger partial charge in [0.2, 0.25) is 15.9 Å². The van der Waals surface area contributed by atoms with E-state index in [4.69, 9.17) is 0 Å². The molecule has 0 bridgehead atoms. The molecule has 0 spiro atoms. The minimum Gasteiger partial charge on any atom is -0.367 e. The van der Waals surface area contributed by atoms with Gasteiger partial charge in [-0.1, -0.05) is 32.0 Å². The summed E-state index contributed by atoms with van der Waals surface area (Å²) in [5.41, 5.74) is 1.47. The van der Waals surface area contributed by atoms with Crippen molar-refractivity contribution in [1.82, 2.24) is 9.21 Å². The lowest BCUT2D eigenvalue weighted by molar-refractivity contribution is -0.111. The van der Waals surface area contributed by atoms with Crippen molar-refractivity contribution in [3.05, 3.63) is 59.9 Å². The molecule has 178 valence electrons. The number of sulfonamides is 1. The molecule has 33 heavy (non-hydrogen) atoms. The summed E-state index contributed by atoms with van der Waals surface area (Å²) in [6.07, 6.45) is 2.65. The van der Waals surface area contributed by atoms with Crippen molar-refractivity contribution >= 4 is 33.4 Å². The summed E-state index contributed by atoms with van der Waals surface area (Å²) in [6.45, 7) is 7.52. The molecule has 1 heterocycles. The molecule has 2 aromatic carbocycles. The van der Waals surface area contributed by atoms with E-state index in [0.29, 0.717) is 24.3 Å². The summed E-state index contributed by atoms with van der Waals surface area (Å²) in [5.74, 6) is -0.891. The number of carbonyl (C=O) groups is 1. The van der Waals surface area contributed by atoms with Gasteiger partial charge >= 0.3 is 0 Å². The topological polar surface area (TPSA) is 73.0 Å². The summed E-state index contributed by atoms with van der Waals surface area (Å²) < 4.78 is 41.3. The monoisotopic (exact) mass is 474 g/mol. The van der Waals surface area contributed by atoms with Gasteiger partial charge in [0.15, 0.2) is 0 Å². The molecule has 0 unspecified atom stereocenters. The molecule has 1 saturated heterocycles. The molecule has 9 heteroatoms. The number of nitrogens with zero attached hydrogens (tertiary/aromatic N) is 3. The normalized spacial score (nSPS) is 15.4. The second-order valence-corrected chi connectivity index (χ2v) is 9.84. The average molecular weight is 475 g/mol. The number of benzene rings is 2. The van der Waals surface area contributed by atoms with Crippen molar-refractivity contribution in [2.75, 3.05) is 56.5 Å². The van der Waals surface area contributed by atoms with E-state index in [2.05, 4.69) is 15.1 Å². The number of hydrogen-bond acceptors (Lipinski definition) is 5. The lowest BCUT2D eigenvalue weighted by atomic mass is 10.2. The first-order valence-electron chi connectivity index (χ1n) is 11.1. The highest BCUT2D eigenvalue weighted by molar-refractivity contribution is 7.89. The highest BCUT2D eigenvalue weighted by atomic mass is 32.2. The molecule has 0 aromatic heterocycles. The van der Waals surface area contributed by atoms with Gasteiger partial charge in [0.1, 0.15) is 5.82 Å². The molecule has 0 aliphatic carbocycles. The second kappa shape index (κ2) is 10.9. The van der Waals surface area contributed by atoms with Crippen LogP contribution in [0.5, 0.6) is 0 Å². The standard InChI is InChI=1S/C24H31FN4O3S/c1-4-29(5-2)33(31,32)20-11-12-23(28-16-14-27(3)15-17-28)22(18-20)26-24(30)13-10-19-8-6-7-9-21(19)25/h6-13,18H,4-5,14-17H2,1-3H3,(H,26,30). The maximum absolute atomic E-state index is 13.9. The van der Waals surface area contributed by atoms with Gasteiger partial charge in [0.05, 0.1) is 16.3 Å². The van der Waals surface area contributed by atoms with Crippen LogP contribution in [0.1, 0.15) is 19.4 Å². The van der Waals surface area contributed by atoms with Gasteiger partial charge in [-0.2, -0.15) is 4.31 Å². The summed E-state index contributed by atoms with van der Waals surface area (Å²) in [4.78, 5) is 17.1. The average Bonchev–Trinajstić information content (AvgIpc) is 2.80. The third-order valence-electron chi connectivity index (χ3n) is 5.73. The molecule has 1 fully saturated rings. The van der Waals surface area contributed by atoms with Crippen LogP contribution in [0, 0.1) is 5.82 Å². The number of rotatable bonds is 8. The van der Waals surface area contributed by atoms with Gasteiger partial charge in [-0.05, 0) is 37.4 Å². The number of halogens is 1. The third-order valence-corrected chi connectivity index (χ3v) is 7.78. The predicted molar refractivity (Wildman–Crippen MR) is 130 cm³/mol. The highest BCUT2D eigenvalue weighted by Crippen LogP contribution is 2.31. The Morgan fingerprint density at radius 2 is 1.76 bits per heavy atom. The lowest BCUT2D eigenvalue weighted by Crippen LogP contribution is -2.44. The Morgan fingerprint density at radius 3 is 2.39 bits per heavy atom. The molecule has 1 N–H and O–H groups in total. The number of anilines is 2. The van der Waals surface area contributed by atoms with Crippen LogP contribution in [0.3, 0.4) is 0 Å². The largest absolute Gasteiger partial charge is 0.367 e. The molecule has 2 aromatic rings. The van der Waals surface area contributed by atoms with Crippen LogP contribution in [-0.2, 0) is 14.8 Å². The first-order valence-corrected chi connectivity index (χ1v) is 12.5. The van der Waals surface area contributed by atoms with E-state index in [0.717, 1.165) is 31.9 Å². The predicted octanol–water partition coefficient (Wildman–Crippen LogP) is 3.26. The van der Waals surface area contributed by atoms with Gasteiger partial charge in [0, 0.05) is 50.9 Å². The van der Waals surface area contributed by atoms with E-state index in [1.807, 2.05) is 7.05 Å². The van der Waals surface area contributed by atoms with Crippen molar-refractivity contribution in [1.29, 1.82) is 0 Å². The molecule has 1 amide bonds. The zero-order valence-electron chi connectivity index (χ0n) is 19.3. The minimum atomic E-state index is -3.69. The van der Waals surface area contributed by atoms with Gasteiger partial charge in [-0.25, -0.2) is 12.8 Å². The highest BCUT2D eigenvalue weighted by Gasteiger charge is 2.25. The van der Waals surface area contributed by atoms with Crippen LogP contribution >= 0.6 is 0 Å². The Balaban J connectivity index is 1.93. The Hall–Kier alpha value is -2.75. The van der Waals surface area contributed by atoms with Crippen molar-refractivity contribution in [2.45, 2.75) is 18.7 Å². The number of amides is 1. The van der Waals surface area contributed by atoms with Crippen LogP contribution < -0.4 is 10.2 Å². The van der Waals surface area contributed by atoms with Crippen LogP contribution in [0.25, 0.3) is 6.08 Å². The Labute approximate surface area is 195 Å². The van der Waals surface area contributed by atoms with Gasteiger partial charge in [0.25, 0.3) is 0 Å². The molecule has 0 atom stereocenters. The van der Waals surface area contributed by atoms with E-state index in [1.165, 1.54) is 28.6 Å².